The van der Waals surface area contributed by atoms with Gasteiger partial charge >= 0.3 is 0 Å². The second-order valence-electron chi connectivity index (χ2n) is 6.74. The summed E-state index contributed by atoms with van der Waals surface area (Å²) in [6.45, 7) is 1.50. The van der Waals surface area contributed by atoms with Gasteiger partial charge in [0.1, 0.15) is 0 Å². The van der Waals surface area contributed by atoms with Gasteiger partial charge in [0.2, 0.25) is 0 Å². The predicted octanol–water partition coefficient (Wildman–Crippen LogP) is 1.53. The fourth-order valence-electron chi connectivity index (χ4n) is 7.09. The maximum absolute atomic E-state index is 9.11. The molecule has 88 valence electrons. The highest BCUT2D eigenvalue weighted by Gasteiger charge is 3.08. The van der Waals surface area contributed by atoms with Gasteiger partial charge < -0.3 is 9.47 Å². The molecule has 0 aromatic rings. The van der Waals surface area contributed by atoms with E-state index in [-0.39, 0.29) is 10.1 Å². The van der Waals surface area contributed by atoms with Crippen molar-refractivity contribution >= 4 is 15.9 Å². The average Bonchev–Trinajstić information content (AvgIpc) is 2.99. The molecule has 4 heteroatoms. The number of rotatable bonds is 1. The Morgan fingerprint density at radius 2 is 1.94 bits per heavy atom. The lowest BCUT2D eigenvalue weighted by Gasteiger charge is -2.37. The van der Waals surface area contributed by atoms with Crippen molar-refractivity contribution in [3.63, 3.8) is 0 Å². The Morgan fingerprint density at radius 1 is 1.18 bits per heavy atom. The summed E-state index contributed by atoms with van der Waals surface area (Å²) in [7, 11) is 0. The fourth-order valence-corrected chi connectivity index (χ4v) is 8.89. The van der Waals surface area contributed by atoms with E-state index in [0.717, 1.165) is 43.3 Å². The fraction of sp³-hybridized carbons (Fsp3) is 0.923. The van der Waals surface area contributed by atoms with Crippen LogP contribution in [-0.2, 0) is 9.47 Å². The van der Waals surface area contributed by atoms with E-state index in [1.54, 1.807) is 0 Å². The Bertz CT molecular complexity index is 524. The zero-order chi connectivity index (χ0) is 11.2. The summed E-state index contributed by atoms with van der Waals surface area (Å²) in [5, 5.41) is 9.11. The lowest BCUT2D eigenvalue weighted by Crippen LogP contribution is -2.50. The van der Waals surface area contributed by atoms with Crippen LogP contribution in [0.5, 0.6) is 0 Å². The minimum absolute atomic E-state index is 0.0675. The van der Waals surface area contributed by atoms with Gasteiger partial charge in [0.05, 0.1) is 23.6 Å². The third-order valence-electron chi connectivity index (χ3n) is 6.96. The molecule has 1 heterocycles. The third kappa shape index (κ3) is 0.505. The Labute approximate surface area is 108 Å². The molecule has 7 fully saturated rings. The summed E-state index contributed by atoms with van der Waals surface area (Å²) in [4.78, 5) is 0. The van der Waals surface area contributed by atoms with E-state index in [9.17, 15) is 0 Å². The van der Waals surface area contributed by atoms with Crippen LogP contribution in [0.4, 0.5) is 0 Å². The number of ether oxygens (including phenoxy) is 2. The average molecular weight is 294 g/mol. The maximum atomic E-state index is 9.11. The Balaban J connectivity index is 1.59. The Morgan fingerprint density at radius 3 is 2.47 bits per heavy atom. The molecule has 0 unspecified atom stereocenters. The molecule has 7 aliphatic rings. The molecule has 1 saturated heterocycles. The first kappa shape index (κ1) is 8.90. The van der Waals surface area contributed by atoms with E-state index in [2.05, 4.69) is 22.0 Å². The monoisotopic (exact) mass is 293 g/mol. The largest absolute Gasteiger partial charge is 0.346 e. The number of nitrogens with zero attached hydrogens (tertiary/aromatic N) is 1. The summed E-state index contributed by atoms with van der Waals surface area (Å²) in [5.74, 6) is 4.05. The van der Waals surface area contributed by atoms with Crippen LogP contribution in [0, 0.1) is 52.3 Å². The van der Waals surface area contributed by atoms with E-state index < -0.39 is 0 Å². The van der Waals surface area contributed by atoms with Crippen LogP contribution in [-0.4, -0.2) is 23.3 Å². The summed E-state index contributed by atoms with van der Waals surface area (Å²) in [6.07, 6.45) is 0.764. The van der Waals surface area contributed by atoms with Gasteiger partial charge in [-0.05, 0) is 35.0 Å². The van der Waals surface area contributed by atoms with Crippen molar-refractivity contribution in [2.75, 3.05) is 13.2 Å². The molecule has 2 bridgehead atoms. The van der Waals surface area contributed by atoms with Gasteiger partial charge in [0, 0.05) is 12.3 Å². The highest BCUT2D eigenvalue weighted by molar-refractivity contribution is 9.10. The van der Waals surface area contributed by atoms with Crippen molar-refractivity contribution < 1.29 is 9.47 Å². The molecule has 1 spiro atoms. The molecule has 0 aromatic carbocycles. The lowest BCUT2D eigenvalue weighted by molar-refractivity contribution is -0.192. The predicted molar refractivity (Wildman–Crippen MR) is 59.9 cm³/mol. The molecule has 17 heavy (non-hydrogen) atoms. The second kappa shape index (κ2) is 2.01. The van der Waals surface area contributed by atoms with Crippen LogP contribution >= 0.6 is 15.9 Å². The van der Waals surface area contributed by atoms with Gasteiger partial charge in [-0.25, -0.2) is 0 Å². The number of hydrogen-bond acceptors (Lipinski definition) is 3. The molecule has 0 aromatic heterocycles. The minimum atomic E-state index is -0.302. The lowest BCUT2D eigenvalue weighted by atomic mass is 9.92. The van der Waals surface area contributed by atoms with Crippen LogP contribution in [0.25, 0.3) is 0 Å². The van der Waals surface area contributed by atoms with Crippen molar-refractivity contribution in [3.05, 3.63) is 0 Å². The van der Waals surface area contributed by atoms with Gasteiger partial charge in [-0.15, -0.1) is 0 Å². The van der Waals surface area contributed by atoms with E-state index in [0.29, 0.717) is 17.3 Å². The highest BCUT2D eigenvalue weighted by atomic mass is 79.9. The second-order valence-corrected chi connectivity index (χ2v) is 8.05. The third-order valence-corrected chi connectivity index (χ3v) is 8.53. The first-order valence-electron chi connectivity index (χ1n) is 6.59. The molecule has 6 saturated carbocycles. The SMILES string of the molecule is N#CC[C@@]12[C@@H]3[C@H]4[C@H]5[C@H]1[C@H]5[C@@](Br)([C@H]32)C41OCCO1. The van der Waals surface area contributed by atoms with E-state index in [1.165, 1.54) is 0 Å². The summed E-state index contributed by atoms with van der Waals surface area (Å²) in [6, 6.07) is 2.44. The van der Waals surface area contributed by atoms with Gasteiger partial charge in [-0.1, -0.05) is 15.9 Å². The smallest absolute Gasteiger partial charge is 0.187 e. The van der Waals surface area contributed by atoms with E-state index >= 15 is 0 Å². The van der Waals surface area contributed by atoms with Gasteiger partial charge in [-0.2, -0.15) is 5.26 Å². The van der Waals surface area contributed by atoms with Crippen LogP contribution < -0.4 is 0 Å². The molecule has 0 amide bonds. The van der Waals surface area contributed by atoms with Crippen LogP contribution in [0.15, 0.2) is 0 Å². The Kier molecular flexibility index (Phi) is 1.05. The Hall–Kier alpha value is -0.110. The number of hydrogen-bond donors (Lipinski definition) is 0. The quantitative estimate of drug-likeness (QED) is 0.689. The zero-order valence-electron chi connectivity index (χ0n) is 9.23. The summed E-state index contributed by atoms with van der Waals surface area (Å²) >= 11 is 4.05. The topological polar surface area (TPSA) is 42.2 Å². The molecule has 8 atom stereocenters. The van der Waals surface area contributed by atoms with Crippen molar-refractivity contribution in [2.24, 2.45) is 40.9 Å². The number of nitriles is 1. The molecular formula is C13H12BrNO2. The number of alkyl halides is 1. The van der Waals surface area contributed by atoms with Gasteiger partial charge in [0.25, 0.3) is 0 Å². The van der Waals surface area contributed by atoms with Crippen molar-refractivity contribution in [1.82, 2.24) is 0 Å². The molecule has 0 N–H and O–H groups in total. The minimum Gasteiger partial charge on any atom is -0.346 e. The van der Waals surface area contributed by atoms with Gasteiger partial charge in [0.15, 0.2) is 5.79 Å². The molecule has 7 rings (SSSR count). The van der Waals surface area contributed by atoms with Gasteiger partial charge in [-0.3, -0.25) is 0 Å². The molecule has 0 radical (unpaired) electrons. The molecule has 6 aliphatic carbocycles. The number of halogens is 1. The van der Waals surface area contributed by atoms with E-state index in [1.807, 2.05) is 0 Å². The van der Waals surface area contributed by atoms with Crippen molar-refractivity contribution in [1.29, 1.82) is 5.26 Å². The highest BCUT2D eigenvalue weighted by Crippen LogP contribution is 3.05. The van der Waals surface area contributed by atoms with E-state index in [4.69, 9.17) is 14.7 Å². The van der Waals surface area contributed by atoms with Crippen LogP contribution in [0.1, 0.15) is 6.42 Å². The first-order valence-corrected chi connectivity index (χ1v) is 7.38. The normalized spacial score (nSPS) is 73.2. The summed E-state index contributed by atoms with van der Waals surface area (Å²) in [5.41, 5.74) is 0.374. The first-order chi connectivity index (χ1) is 8.25. The van der Waals surface area contributed by atoms with Crippen molar-refractivity contribution in [3.8, 4) is 6.07 Å². The van der Waals surface area contributed by atoms with Crippen LogP contribution in [0.3, 0.4) is 0 Å². The standard InChI is InChI=1S/C13H12BrNO2/c14-12-7-5-6(7)11(1-2-15)9(10(11)12)8(5)13(12)16-3-4-17-13/h5-10H,1,3-4H2/t5-,6-,7-,8+,9+,10+,11-,12+/m0/s1. The molecule has 1 aliphatic heterocycles. The van der Waals surface area contributed by atoms with Crippen LogP contribution in [0.2, 0.25) is 0 Å². The van der Waals surface area contributed by atoms with Crippen molar-refractivity contribution in [2.45, 2.75) is 16.5 Å². The zero-order valence-corrected chi connectivity index (χ0v) is 10.8. The molecule has 3 nitrogen and oxygen atoms in total. The maximum Gasteiger partial charge on any atom is 0.187 e. The molecular weight excluding hydrogens is 282 g/mol. The summed E-state index contributed by atoms with van der Waals surface area (Å²) < 4.78 is 12.2.